The number of aryl methyl sites for hydroxylation is 2. The maximum Gasteiger partial charge on any atom is 0.216 e. The van der Waals surface area contributed by atoms with Crippen LogP contribution in [0.5, 0.6) is 0 Å². The number of sulfonamides is 1. The van der Waals surface area contributed by atoms with Gasteiger partial charge in [-0.15, -0.1) is 0 Å². The molecule has 0 aliphatic heterocycles. The van der Waals surface area contributed by atoms with Crippen molar-refractivity contribution in [2.24, 2.45) is 4.99 Å². The molecular weight excluding hydrogens is 378 g/mol. The Bertz CT molecular complexity index is 900. The van der Waals surface area contributed by atoms with Crippen molar-refractivity contribution in [3.63, 3.8) is 0 Å². The van der Waals surface area contributed by atoms with E-state index in [1.165, 1.54) is 0 Å². The van der Waals surface area contributed by atoms with Gasteiger partial charge >= 0.3 is 0 Å². The largest absolute Gasteiger partial charge is 0.444 e. The normalized spacial score (nSPS) is 12.4. The molecule has 1 heterocycles. The van der Waals surface area contributed by atoms with Crippen molar-refractivity contribution in [3.05, 3.63) is 52.7 Å². The Hall–Kier alpha value is -2.39. The molecule has 9 heteroatoms. The molecular formula is C19H29N5O3S. The molecule has 28 heavy (non-hydrogen) atoms. The van der Waals surface area contributed by atoms with Crippen LogP contribution in [0.2, 0.25) is 0 Å². The molecule has 2 aromatic rings. The predicted molar refractivity (Wildman–Crippen MR) is 110 cm³/mol. The highest BCUT2D eigenvalue weighted by Gasteiger charge is 2.15. The quantitative estimate of drug-likeness (QED) is 0.456. The second-order valence-corrected chi connectivity index (χ2v) is 8.58. The number of aliphatic imine (C=N–C) groups is 1. The summed E-state index contributed by atoms with van der Waals surface area (Å²) in [5.74, 6) is 1.89. The summed E-state index contributed by atoms with van der Waals surface area (Å²) in [6, 6.07) is 7.31. The zero-order chi connectivity index (χ0) is 20.7. The highest BCUT2D eigenvalue weighted by atomic mass is 32.2. The molecule has 0 aliphatic carbocycles. The van der Waals surface area contributed by atoms with Crippen molar-refractivity contribution in [1.29, 1.82) is 0 Å². The zero-order valence-corrected chi connectivity index (χ0v) is 17.9. The van der Waals surface area contributed by atoms with Gasteiger partial charge in [0.1, 0.15) is 5.76 Å². The summed E-state index contributed by atoms with van der Waals surface area (Å²) in [5.41, 5.74) is 2.50. The first-order valence-corrected chi connectivity index (χ1v) is 10.8. The van der Waals surface area contributed by atoms with Gasteiger partial charge in [-0.25, -0.2) is 18.1 Å². The lowest BCUT2D eigenvalue weighted by Crippen LogP contribution is -2.37. The molecule has 2 rings (SSSR count). The van der Waals surface area contributed by atoms with E-state index >= 15 is 0 Å². The molecule has 0 aliphatic rings. The van der Waals surface area contributed by atoms with Crippen molar-refractivity contribution < 1.29 is 12.8 Å². The predicted octanol–water partition coefficient (Wildman–Crippen LogP) is 1.98. The topological polar surface area (TPSA) is 109 Å². The Morgan fingerprint density at radius 3 is 2.36 bits per heavy atom. The van der Waals surface area contributed by atoms with Gasteiger partial charge in [-0.3, -0.25) is 4.99 Å². The van der Waals surface area contributed by atoms with Gasteiger partial charge in [0.05, 0.1) is 18.0 Å². The first-order chi connectivity index (χ1) is 13.2. The van der Waals surface area contributed by atoms with Gasteiger partial charge in [-0.1, -0.05) is 24.3 Å². The lowest BCUT2D eigenvalue weighted by atomic mass is 10.1. The van der Waals surface area contributed by atoms with E-state index in [1.807, 2.05) is 38.1 Å². The summed E-state index contributed by atoms with van der Waals surface area (Å²) < 4.78 is 32.7. The van der Waals surface area contributed by atoms with Crippen LogP contribution in [0.3, 0.4) is 0 Å². The number of rotatable bonds is 8. The van der Waals surface area contributed by atoms with Crippen LogP contribution in [0, 0.1) is 13.8 Å². The standard InChI is InChI=1S/C19H29N5O3S/c1-13(2)24-28(25,26)12-17-9-7-6-8-16(17)10-21-19(20-5)22-11-18-23-14(3)15(4)27-18/h6-9,13,24H,10-12H2,1-5H3,(H2,20,21,22). The number of nitrogens with zero attached hydrogens (tertiary/aromatic N) is 2. The van der Waals surface area contributed by atoms with Crippen molar-refractivity contribution in [1.82, 2.24) is 20.3 Å². The smallest absolute Gasteiger partial charge is 0.216 e. The molecule has 0 fully saturated rings. The lowest BCUT2D eigenvalue weighted by molar-refractivity contribution is 0.463. The van der Waals surface area contributed by atoms with Gasteiger partial charge in [0.2, 0.25) is 15.9 Å². The molecule has 0 saturated heterocycles. The number of oxazole rings is 1. The number of hydrogen-bond donors (Lipinski definition) is 3. The summed E-state index contributed by atoms with van der Waals surface area (Å²) in [7, 11) is -1.72. The fraction of sp³-hybridized carbons (Fsp3) is 0.474. The van der Waals surface area contributed by atoms with Crippen LogP contribution in [0.15, 0.2) is 33.7 Å². The highest BCUT2D eigenvalue weighted by Crippen LogP contribution is 2.12. The van der Waals surface area contributed by atoms with Crippen LogP contribution in [0.4, 0.5) is 0 Å². The van der Waals surface area contributed by atoms with E-state index < -0.39 is 10.0 Å². The Morgan fingerprint density at radius 1 is 1.14 bits per heavy atom. The number of benzene rings is 1. The summed E-state index contributed by atoms with van der Waals surface area (Å²) in [5, 5.41) is 6.34. The number of guanidine groups is 1. The second-order valence-electron chi connectivity index (χ2n) is 6.83. The zero-order valence-electron chi connectivity index (χ0n) is 17.0. The molecule has 1 aromatic heterocycles. The molecule has 0 spiro atoms. The van der Waals surface area contributed by atoms with Crippen molar-refractivity contribution in [2.75, 3.05) is 7.05 Å². The van der Waals surface area contributed by atoms with Crippen molar-refractivity contribution >= 4 is 16.0 Å². The third-order valence-corrected chi connectivity index (χ3v) is 5.55. The molecule has 0 bridgehead atoms. The van der Waals surface area contributed by atoms with E-state index in [0.717, 1.165) is 22.6 Å². The minimum absolute atomic E-state index is 0.0655. The monoisotopic (exact) mass is 407 g/mol. The maximum absolute atomic E-state index is 12.3. The molecule has 1 aromatic carbocycles. The van der Waals surface area contributed by atoms with E-state index in [0.29, 0.717) is 24.9 Å². The van der Waals surface area contributed by atoms with E-state index in [1.54, 1.807) is 20.9 Å². The summed E-state index contributed by atoms with van der Waals surface area (Å²) in [6.45, 7) is 8.22. The Morgan fingerprint density at radius 2 is 1.79 bits per heavy atom. The van der Waals surface area contributed by atoms with Gasteiger partial charge in [0, 0.05) is 19.6 Å². The molecule has 8 nitrogen and oxygen atoms in total. The van der Waals surface area contributed by atoms with Gasteiger partial charge in [-0.2, -0.15) is 0 Å². The van der Waals surface area contributed by atoms with Gasteiger partial charge in [0.15, 0.2) is 5.96 Å². The number of nitrogens with one attached hydrogen (secondary N) is 3. The van der Waals surface area contributed by atoms with Crippen LogP contribution in [-0.4, -0.2) is 32.5 Å². The molecule has 154 valence electrons. The van der Waals surface area contributed by atoms with Crippen LogP contribution >= 0.6 is 0 Å². The average molecular weight is 408 g/mol. The Labute approximate surface area is 166 Å². The van der Waals surface area contributed by atoms with Crippen LogP contribution < -0.4 is 15.4 Å². The highest BCUT2D eigenvalue weighted by molar-refractivity contribution is 7.88. The van der Waals surface area contributed by atoms with E-state index in [9.17, 15) is 8.42 Å². The first-order valence-electron chi connectivity index (χ1n) is 9.14. The Balaban J connectivity index is 1.99. The molecule has 0 unspecified atom stereocenters. The fourth-order valence-corrected chi connectivity index (χ4v) is 4.14. The maximum atomic E-state index is 12.3. The van der Waals surface area contributed by atoms with Gasteiger partial charge in [0.25, 0.3) is 0 Å². The van der Waals surface area contributed by atoms with Crippen LogP contribution in [-0.2, 0) is 28.9 Å². The number of hydrogen-bond acceptors (Lipinski definition) is 5. The van der Waals surface area contributed by atoms with Crippen molar-refractivity contribution in [2.45, 2.75) is 52.6 Å². The van der Waals surface area contributed by atoms with Gasteiger partial charge < -0.3 is 15.1 Å². The lowest BCUT2D eigenvalue weighted by Gasteiger charge is -2.15. The first kappa shape index (κ1) is 21.9. The molecule has 3 N–H and O–H groups in total. The minimum atomic E-state index is -3.39. The molecule has 0 atom stereocenters. The fourth-order valence-electron chi connectivity index (χ4n) is 2.65. The van der Waals surface area contributed by atoms with E-state index in [2.05, 4.69) is 25.3 Å². The summed E-state index contributed by atoms with van der Waals surface area (Å²) >= 11 is 0. The average Bonchev–Trinajstić information content (AvgIpc) is 2.92. The van der Waals surface area contributed by atoms with E-state index in [4.69, 9.17) is 4.42 Å². The van der Waals surface area contributed by atoms with Crippen LogP contribution in [0.1, 0.15) is 42.3 Å². The van der Waals surface area contributed by atoms with Crippen molar-refractivity contribution in [3.8, 4) is 0 Å². The number of aromatic nitrogens is 1. The second kappa shape index (κ2) is 9.70. The third-order valence-electron chi connectivity index (χ3n) is 4.03. The summed E-state index contributed by atoms with van der Waals surface area (Å²) in [6.07, 6.45) is 0. The van der Waals surface area contributed by atoms with Crippen LogP contribution in [0.25, 0.3) is 0 Å². The minimum Gasteiger partial charge on any atom is -0.444 e. The molecule has 0 saturated carbocycles. The van der Waals surface area contributed by atoms with Gasteiger partial charge in [-0.05, 0) is 38.8 Å². The molecule has 0 radical (unpaired) electrons. The SMILES string of the molecule is CN=C(NCc1nc(C)c(C)o1)NCc1ccccc1CS(=O)(=O)NC(C)C. The summed E-state index contributed by atoms with van der Waals surface area (Å²) in [4.78, 5) is 8.51. The van der Waals surface area contributed by atoms with E-state index in [-0.39, 0.29) is 11.8 Å². The Kier molecular flexibility index (Phi) is 7.59. The molecule has 0 amide bonds. The third kappa shape index (κ3) is 6.65.